The second-order valence-corrected chi connectivity index (χ2v) is 5.77. The Labute approximate surface area is 137 Å². The summed E-state index contributed by atoms with van der Waals surface area (Å²) in [4.78, 5) is 0. The number of hydrogen-bond acceptors (Lipinski definition) is 3. The summed E-state index contributed by atoms with van der Waals surface area (Å²) >= 11 is 6.14. The molecule has 2 aromatic rings. The highest BCUT2D eigenvalue weighted by Crippen LogP contribution is 2.33. The van der Waals surface area contributed by atoms with Crippen molar-refractivity contribution in [3.8, 4) is 11.5 Å². The number of nitrogens with two attached hydrogens (primary N) is 1. The van der Waals surface area contributed by atoms with Gasteiger partial charge < -0.3 is 15.2 Å². The van der Waals surface area contributed by atoms with Crippen LogP contribution in [0.1, 0.15) is 22.6 Å². The highest BCUT2D eigenvalue weighted by molar-refractivity contribution is 6.30. The first kappa shape index (κ1) is 16.7. The molecule has 0 aliphatic carbocycles. The molecule has 0 bridgehead atoms. The molecule has 0 saturated heterocycles. The lowest BCUT2D eigenvalue weighted by molar-refractivity contribution is 0.400. The average molecular weight is 320 g/mol. The van der Waals surface area contributed by atoms with Crippen molar-refractivity contribution in [3.05, 3.63) is 58.1 Å². The average Bonchev–Trinajstić information content (AvgIpc) is 2.52. The number of hydrogen-bond donors (Lipinski definition) is 1. The third-order valence-corrected chi connectivity index (χ3v) is 4.05. The Morgan fingerprint density at radius 1 is 1.05 bits per heavy atom. The Morgan fingerprint density at radius 3 is 2.36 bits per heavy atom. The highest BCUT2D eigenvalue weighted by Gasteiger charge is 2.18. The van der Waals surface area contributed by atoms with Crippen LogP contribution in [0.25, 0.3) is 0 Å². The Morgan fingerprint density at radius 2 is 1.73 bits per heavy atom. The first-order valence-electron chi connectivity index (χ1n) is 7.26. The summed E-state index contributed by atoms with van der Waals surface area (Å²) < 4.78 is 10.9. The minimum absolute atomic E-state index is 0.115. The molecule has 1 atom stereocenters. The maximum absolute atomic E-state index is 6.14. The molecule has 0 saturated carbocycles. The molecule has 118 valence electrons. The van der Waals surface area contributed by atoms with Crippen molar-refractivity contribution in [2.75, 3.05) is 20.8 Å². The van der Waals surface area contributed by atoms with Crippen LogP contribution < -0.4 is 15.2 Å². The van der Waals surface area contributed by atoms with Crippen LogP contribution in [0.2, 0.25) is 5.02 Å². The van der Waals surface area contributed by atoms with Gasteiger partial charge in [-0.2, -0.15) is 0 Å². The lowest BCUT2D eigenvalue weighted by Crippen LogP contribution is -2.16. The molecule has 22 heavy (non-hydrogen) atoms. The quantitative estimate of drug-likeness (QED) is 0.876. The third-order valence-electron chi connectivity index (χ3n) is 3.82. The van der Waals surface area contributed by atoms with Crippen LogP contribution >= 0.6 is 11.6 Å². The van der Waals surface area contributed by atoms with Crippen LogP contribution in [0.15, 0.2) is 36.4 Å². The lowest BCUT2D eigenvalue weighted by atomic mass is 9.90. The van der Waals surface area contributed by atoms with E-state index in [0.717, 1.165) is 29.0 Å². The second kappa shape index (κ2) is 7.52. The molecule has 2 aromatic carbocycles. The van der Waals surface area contributed by atoms with E-state index in [-0.39, 0.29) is 5.92 Å². The van der Waals surface area contributed by atoms with Gasteiger partial charge in [0.05, 0.1) is 14.2 Å². The number of rotatable bonds is 6. The molecule has 0 aliphatic heterocycles. The first-order valence-corrected chi connectivity index (χ1v) is 7.63. The van der Waals surface area contributed by atoms with E-state index < -0.39 is 0 Å². The SMILES string of the molecule is COc1ccc(C)cc1CC(CN)c1cc(Cl)ccc1OC. The number of aryl methyl sites for hydroxylation is 1. The number of methoxy groups -OCH3 is 2. The van der Waals surface area contributed by atoms with Gasteiger partial charge in [-0.3, -0.25) is 0 Å². The molecular formula is C18H22ClNO2. The zero-order valence-corrected chi connectivity index (χ0v) is 14.0. The number of halogens is 1. The topological polar surface area (TPSA) is 44.5 Å². The molecule has 0 spiro atoms. The van der Waals surface area contributed by atoms with Crippen LogP contribution in [0.4, 0.5) is 0 Å². The summed E-state index contributed by atoms with van der Waals surface area (Å²) in [5.74, 6) is 1.81. The Balaban J connectivity index is 2.38. The van der Waals surface area contributed by atoms with Crippen molar-refractivity contribution in [2.24, 2.45) is 5.73 Å². The molecule has 2 N–H and O–H groups in total. The Hall–Kier alpha value is -1.71. The smallest absolute Gasteiger partial charge is 0.122 e. The fourth-order valence-corrected chi connectivity index (χ4v) is 2.86. The van der Waals surface area contributed by atoms with Crippen molar-refractivity contribution < 1.29 is 9.47 Å². The summed E-state index contributed by atoms with van der Waals surface area (Å²) in [6.07, 6.45) is 0.776. The van der Waals surface area contributed by atoms with Crippen molar-refractivity contribution >= 4 is 11.6 Å². The summed E-state index contributed by atoms with van der Waals surface area (Å²) in [7, 11) is 3.35. The predicted molar refractivity (Wildman–Crippen MR) is 91.2 cm³/mol. The standard InChI is InChI=1S/C18H22ClNO2/c1-12-4-6-17(21-2)13(8-12)9-14(11-20)16-10-15(19)5-7-18(16)22-3/h4-8,10,14H,9,11,20H2,1-3H3. The van der Waals surface area contributed by atoms with Crippen LogP contribution in [0.5, 0.6) is 11.5 Å². The normalized spacial score (nSPS) is 12.0. The van der Waals surface area contributed by atoms with E-state index in [2.05, 4.69) is 13.0 Å². The van der Waals surface area contributed by atoms with Gasteiger partial charge in [0.2, 0.25) is 0 Å². The molecule has 0 aromatic heterocycles. The van der Waals surface area contributed by atoms with E-state index in [1.807, 2.05) is 30.3 Å². The monoisotopic (exact) mass is 319 g/mol. The minimum atomic E-state index is 0.115. The molecule has 3 nitrogen and oxygen atoms in total. The molecule has 0 heterocycles. The molecule has 0 radical (unpaired) electrons. The fraction of sp³-hybridized carbons (Fsp3) is 0.333. The molecule has 2 rings (SSSR count). The summed E-state index contributed by atoms with van der Waals surface area (Å²) in [6.45, 7) is 2.58. The van der Waals surface area contributed by atoms with Gasteiger partial charge in [-0.15, -0.1) is 0 Å². The van der Waals surface area contributed by atoms with Crippen molar-refractivity contribution in [3.63, 3.8) is 0 Å². The largest absolute Gasteiger partial charge is 0.496 e. The van der Waals surface area contributed by atoms with Crippen molar-refractivity contribution in [2.45, 2.75) is 19.3 Å². The van der Waals surface area contributed by atoms with Gasteiger partial charge >= 0.3 is 0 Å². The molecule has 4 heteroatoms. The van der Waals surface area contributed by atoms with Gasteiger partial charge in [0.1, 0.15) is 11.5 Å². The van der Waals surface area contributed by atoms with Gasteiger partial charge in [0, 0.05) is 16.5 Å². The van der Waals surface area contributed by atoms with Gasteiger partial charge in [-0.25, -0.2) is 0 Å². The Bertz CT molecular complexity index is 643. The molecular weight excluding hydrogens is 298 g/mol. The second-order valence-electron chi connectivity index (χ2n) is 5.34. The fourth-order valence-electron chi connectivity index (χ4n) is 2.68. The van der Waals surface area contributed by atoms with E-state index in [1.165, 1.54) is 5.56 Å². The van der Waals surface area contributed by atoms with Crippen LogP contribution in [-0.2, 0) is 6.42 Å². The van der Waals surface area contributed by atoms with E-state index in [0.29, 0.717) is 11.6 Å². The van der Waals surface area contributed by atoms with Crippen LogP contribution in [0, 0.1) is 6.92 Å². The molecule has 0 aliphatic rings. The maximum Gasteiger partial charge on any atom is 0.122 e. The number of benzene rings is 2. The zero-order valence-electron chi connectivity index (χ0n) is 13.2. The molecule has 0 fully saturated rings. The highest BCUT2D eigenvalue weighted by atomic mass is 35.5. The minimum Gasteiger partial charge on any atom is -0.496 e. The first-order chi connectivity index (χ1) is 10.6. The van der Waals surface area contributed by atoms with E-state index in [4.69, 9.17) is 26.8 Å². The van der Waals surface area contributed by atoms with Crippen LogP contribution in [0.3, 0.4) is 0 Å². The van der Waals surface area contributed by atoms with Crippen molar-refractivity contribution in [1.82, 2.24) is 0 Å². The third kappa shape index (κ3) is 3.73. The van der Waals surface area contributed by atoms with Gasteiger partial charge in [-0.1, -0.05) is 29.3 Å². The summed E-state index contributed by atoms with van der Waals surface area (Å²) in [5, 5.41) is 0.686. The van der Waals surface area contributed by atoms with E-state index in [1.54, 1.807) is 14.2 Å². The Kier molecular flexibility index (Phi) is 5.69. The van der Waals surface area contributed by atoms with E-state index in [9.17, 15) is 0 Å². The van der Waals surface area contributed by atoms with Gasteiger partial charge in [0.25, 0.3) is 0 Å². The molecule has 0 amide bonds. The van der Waals surface area contributed by atoms with Gasteiger partial charge in [0.15, 0.2) is 0 Å². The lowest BCUT2D eigenvalue weighted by Gasteiger charge is -2.20. The van der Waals surface area contributed by atoms with E-state index >= 15 is 0 Å². The van der Waals surface area contributed by atoms with Gasteiger partial charge in [-0.05, 0) is 49.7 Å². The molecule has 1 unspecified atom stereocenters. The maximum atomic E-state index is 6.14. The summed E-state index contributed by atoms with van der Waals surface area (Å²) in [5.41, 5.74) is 9.38. The van der Waals surface area contributed by atoms with Crippen molar-refractivity contribution in [1.29, 1.82) is 0 Å². The predicted octanol–water partition coefficient (Wildman–Crippen LogP) is 3.95. The summed E-state index contributed by atoms with van der Waals surface area (Å²) in [6, 6.07) is 11.8. The van der Waals surface area contributed by atoms with Crippen LogP contribution in [-0.4, -0.2) is 20.8 Å². The number of ether oxygens (including phenoxy) is 2. The zero-order chi connectivity index (χ0) is 16.1.